The average Bonchev–Trinajstić information content (AvgIpc) is 2.81. The first-order valence-electron chi connectivity index (χ1n) is 5.25. The van der Waals surface area contributed by atoms with Crippen LogP contribution in [-0.4, -0.2) is 9.55 Å². The average molecular weight is 237 g/mol. The Morgan fingerprint density at radius 1 is 1.38 bits per heavy atom. The predicted molar refractivity (Wildman–Crippen MR) is 61.0 cm³/mol. The Kier molecular flexibility index (Phi) is 2.21. The zero-order valence-electron chi connectivity index (χ0n) is 8.58. The lowest BCUT2D eigenvalue weighted by atomic mass is 10.2. The van der Waals surface area contributed by atoms with Gasteiger partial charge in [-0.2, -0.15) is 0 Å². The molecule has 0 spiro atoms. The van der Waals surface area contributed by atoms with Gasteiger partial charge in [-0.05, 0) is 24.6 Å². The summed E-state index contributed by atoms with van der Waals surface area (Å²) < 4.78 is 15.2. The Bertz CT molecular complexity index is 526. The number of rotatable bonds is 1. The third-order valence-corrected chi connectivity index (χ3v) is 3.16. The van der Waals surface area contributed by atoms with E-state index in [1.54, 1.807) is 12.1 Å². The van der Waals surface area contributed by atoms with Crippen molar-refractivity contribution in [2.24, 2.45) is 0 Å². The molecule has 2 nitrogen and oxygen atoms in total. The van der Waals surface area contributed by atoms with Crippen LogP contribution in [0.25, 0.3) is 11.3 Å². The number of imidazole rings is 1. The lowest BCUT2D eigenvalue weighted by Crippen LogP contribution is -1.87. The zero-order chi connectivity index (χ0) is 11.1. The fraction of sp³-hybridized carbons (Fsp3) is 0.250. The van der Waals surface area contributed by atoms with Crippen molar-refractivity contribution in [1.29, 1.82) is 0 Å². The zero-order valence-corrected chi connectivity index (χ0v) is 9.34. The van der Waals surface area contributed by atoms with Gasteiger partial charge in [0.1, 0.15) is 11.6 Å². The van der Waals surface area contributed by atoms with Gasteiger partial charge in [0.25, 0.3) is 0 Å². The molecule has 1 aliphatic heterocycles. The minimum absolute atomic E-state index is 0.144. The molecule has 0 bridgehead atoms. The van der Waals surface area contributed by atoms with E-state index in [4.69, 9.17) is 11.6 Å². The van der Waals surface area contributed by atoms with Gasteiger partial charge in [0, 0.05) is 24.7 Å². The molecule has 82 valence electrons. The molecule has 2 aromatic rings. The second kappa shape index (κ2) is 3.59. The highest BCUT2D eigenvalue weighted by atomic mass is 35.5. The Morgan fingerprint density at radius 2 is 2.25 bits per heavy atom. The van der Waals surface area contributed by atoms with Crippen LogP contribution in [0.5, 0.6) is 0 Å². The highest BCUT2D eigenvalue weighted by molar-refractivity contribution is 6.31. The second-order valence-corrected chi connectivity index (χ2v) is 4.38. The van der Waals surface area contributed by atoms with E-state index >= 15 is 0 Å². The molecule has 1 aliphatic rings. The molecule has 2 heterocycles. The van der Waals surface area contributed by atoms with E-state index in [0.717, 1.165) is 36.5 Å². The van der Waals surface area contributed by atoms with Gasteiger partial charge in [0.2, 0.25) is 0 Å². The summed E-state index contributed by atoms with van der Waals surface area (Å²) in [5.41, 5.74) is 1.74. The van der Waals surface area contributed by atoms with Crippen molar-refractivity contribution in [2.45, 2.75) is 19.4 Å². The fourth-order valence-corrected chi connectivity index (χ4v) is 2.23. The minimum atomic E-state index is -0.392. The van der Waals surface area contributed by atoms with Gasteiger partial charge < -0.3 is 4.57 Å². The Labute approximate surface area is 97.7 Å². The van der Waals surface area contributed by atoms with Crippen LogP contribution in [0.1, 0.15) is 12.2 Å². The van der Waals surface area contributed by atoms with Gasteiger partial charge in [0.15, 0.2) is 0 Å². The van der Waals surface area contributed by atoms with E-state index in [0.29, 0.717) is 0 Å². The maximum Gasteiger partial charge on any atom is 0.141 e. The van der Waals surface area contributed by atoms with Gasteiger partial charge >= 0.3 is 0 Å². The van der Waals surface area contributed by atoms with Crippen LogP contribution < -0.4 is 0 Å². The van der Waals surface area contributed by atoms with E-state index in [1.165, 1.54) is 6.07 Å². The summed E-state index contributed by atoms with van der Waals surface area (Å²) in [7, 11) is 0. The number of hydrogen-bond donors (Lipinski definition) is 0. The lowest BCUT2D eigenvalue weighted by molar-refractivity contribution is 0.628. The molecule has 0 N–H and O–H groups in total. The summed E-state index contributed by atoms with van der Waals surface area (Å²) in [6, 6.07) is 4.70. The van der Waals surface area contributed by atoms with Crippen molar-refractivity contribution in [2.75, 3.05) is 0 Å². The number of aromatic nitrogens is 2. The molecule has 4 heteroatoms. The Morgan fingerprint density at radius 3 is 3.00 bits per heavy atom. The molecule has 0 aliphatic carbocycles. The standard InChI is InChI=1S/C12H10ClFN2/c13-9-6-8(3-4-10(9)14)11-7-16-5-1-2-12(16)15-11/h3-4,6-7H,1-2,5H2. The summed E-state index contributed by atoms with van der Waals surface area (Å²) in [5.74, 6) is 0.715. The number of halogens is 2. The number of nitrogens with zero attached hydrogens (tertiary/aromatic N) is 2. The molecule has 1 aromatic carbocycles. The highest BCUT2D eigenvalue weighted by Crippen LogP contribution is 2.26. The van der Waals surface area contributed by atoms with Crippen molar-refractivity contribution in [3.8, 4) is 11.3 Å². The SMILES string of the molecule is Fc1ccc(-c2cn3c(n2)CCC3)cc1Cl. The van der Waals surface area contributed by atoms with E-state index < -0.39 is 5.82 Å². The van der Waals surface area contributed by atoms with Gasteiger partial charge in [-0.25, -0.2) is 9.37 Å². The first kappa shape index (κ1) is 9.85. The van der Waals surface area contributed by atoms with Crippen LogP contribution in [0, 0.1) is 5.82 Å². The predicted octanol–water partition coefficient (Wildman–Crippen LogP) is 3.29. The Hall–Kier alpha value is -1.35. The van der Waals surface area contributed by atoms with Gasteiger partial charge in [-0.1, -0.05) is 11.6 Å². The molecule has 3 rings (SSSR count). The molecule has 0 saturated heterocycles. The third kappa shape index (κ3) is 1.52. The van der Waals surface area contributed by atoms with Crippen molar-refractivity contribution >= 4 is 11.6 Å². The normalized spacial score (nSPS) is 14.1. The van der Waals surface area contributed by atoms with Crippen molar-refractivity contribution in [1.82, 2.24) is 9.55 Å². The molecular weight excluding hydrogens is 227 g/mol. The molecule has 0 saturated carbocycles. The first-order valence-corrected chi connectivity index (χ1v) is 5.63. The maximum absolute atomic E-state index is 13.0. The van der Waals surface area contributed by atoms with Crippen LogP contribution in [0.4, 0.5) is 4.39 Å². The quantitative estimate of drug-likeness (QED) is 0.743. The Balaban J connectivity index is 2.05. The maximum atomic E-state index is 13.0. The second-order valence-electron chi connectivity index (χ2n) is 3.97. The van der Waals surface area contributed by atoms with E-state index in [1.807, 2.05) is 6.20 Å². The molecule has 0 fully saturated rings. The van der Waals surface area contributed by atoms with Crippen LogP contribution in [-0.2, 0) is 13.0 Å². The monoisotopic (exact) mass is 236 g/mol. The summed E-state index contributed by atoms with van der Waals surface area (Å²) in [5, 5.41) is 0.144. The summed E-state index contributed by atoms with van der Waals surface area (Å²) in [6.45, 7) is 1.03. The molecule has 0 radical (unpaired) electrons. The highest BCUT2D eigenvalue weighted by Gasteiger charge is 2.14. The topological polar surface area (TPSA) is 17.8 Å². The van der Waals surface area contributed by atoms with Crippen molar-refractivity contribution < 1.29 is 4.39 Å². The summed E-state index contributed by atoms with van der Waals surface area (Å²) in [4.78, 5) is 4.51. The lowest BCUT2D eigenvalue weighted by Gasteiger charge is -1.99. The smallest absolute Gasteiger partial charge is 0.141 e. The number of hydrogen-bond acceptors (Lipinski definition) is 1. The van der Waals surface area contributed by atoms with Crippen LogP contribution >= 0.6 is 11.6 Å². The van der Waals surface area contributed by atoms with Gasteiger partial charge in [-0.3, -0.25) is 0 Å². The van der Waals surface area contributed by atoms with E-state index in [2.05, 4.69) is 9.55 Å². The van der Waals surface area contributed by atoms with E-state index in [9.17, 15) is 4.39 Å². The van der Waals surface area contributed by atoms with Crippen molar-refractivity contribution in [3.05, 3.63) is 41.1 Å². The molecule has 0 atom stereocenters. The number of aryl methyl sites for hydroxylation is 2. The molecule has 16 heavy (non-hydrogen) atoms. The number of fused-ring (bicyclic) bond motifs is 1. The first-order chi connectivity index (χ1) is 7.74. The molecule has 0 unspecified atom stereocenters. The largest absolute Gasteiger partial charge is 0.334 e. The van der Waals surface area contributed by atoms with Crippen LogP contribution in [0.15, 0.2) is 24.4 Å². The fourth-order valence-electron chi connectivity index (χ4n) is 2.05. The van der Waals surface area contributed by atoms with Gasteiger partial charge in [-0.15, -0.1) is 0 Å². The third-order valence-electron chi connectivity index (χ3n) is 2.87. The molecular formula is C12H10ClFN2. The van der Waals surface area contributed by atoms with Crippen LogP contribution in [0.3, 0.4) is 0 Å². The summed E-state index contributed by atoms with van der Waals surface area (Å²) >= 11 is 5.75. The molecule has 1 aromatic heterocycles. The molecule has 0 amide bonds. The minimum Gasteiger partial charge on any atom is -0.334 e. The van der Waals surface area contributed by atoms with E-state index in [-0.39, 0.29) is 5.02 Å². The van der Waals surface area contributed by atoms with Gasteiger partial charge in [0.05, 0.1) is 10.7 Å². The van der Waals surface area contributed by atoms with Crippen molar-refractivity contribution in [3.63, 3.8) is 0 Å². The summed E-state index contributed by atoms with van der Waals surface area (Å²) in [6.07, 6.45) is 4.19. The number of benzene rings is 1. The van der Waals surface area contributed by atoms with Crippen LogP contribution in [0.2, 0.25) is 5.02 Å².